The molecular weight excluding hydrogens is 164 g/mol. The highest BCUT2D eigenvalue weighted by Crippen LogP contribution is 2.16. The fourth-order valence-electron chi connectivity index (χ4n) is 1.45. The van der Waals surface area contributed by atoms with Crippen molar-refractivity contribution in [2.45, 2.75) is 65.1 Å². The minimum atomic E-state index is -0.244. The van der Waals surface area contributed by atoms with Crippen LogP contribution in [0.1, 0.15) is 52.9 Å². The molecule has 2 heteroatoms. The summed E-state index contributed by atoms with van der Waals surface area (Å²) in [7, 11) is 0. The van der Waals surface area contributed by atoms with Crippen LogP contribution in [0.2, 0.25) is 0 Å². The fraction of sp³-hybridized carbons (Fsp3) is 1.00. The molecule has 0 saturated heterocycles. The first-order valence-corrected chi connectivity index (χ1v) is 5.47. The Kier molecular flexibility index (Phi) is 7.29. The van der Waals surface area contributed by atoms with E-state index in [4.69, 9.17) is 0 Å². The molecule has 2 N–H and O–H groups in total. The highest BCUT2D eigenvalue weighted by molar-refractivity contribution is 4.68. The Balaban J connectivity index is 3.61. The molecule has 2 nitrogen and oxygen atoms in total. The van der Waals surface area contributed by atoms with Crippen molar-refractivity contribution in [3.63, 3.8) is 0 Å². The van der Waals surface area contributed by atoms with Crippen LogP contribution in [0.4, 0.5) is 0 Å². The second-order valence-corrected chi connectivity index (χ2v) is 3.98. The van der Waals surface area contributed by atoms with Gasteiger partial charge in [0.05, 0.1) is 12.2 Å². The van der Waals surface area contributed by atoms with Gasteiger partial charge in [-0.25, -0.2) is 0 Å². The molecule has 0 aliphatic heterocycles. The van der Waals surface area contributed by atoms with Gasteiger partial charge in [0, 0.05) is 0 Å². The average molecular weight is 188 g/mol. The molecular formula is C11H24O2. The van der Waals surface area contributed by atoms with Gasteiger partial charge in [-0.3, -0.25) is 0 Å². The zero-order valence-electron chi connectivity index (χ0n) is 9.16. The van der Waals surface area contributed by atoms with Crippen molar-refractivity contribution >= 4 is 0 Å². The van der Waals surface area contributed by atoms with Gasteiger partial charge in [0.15, 0.2) is 0 Å². The standard InChI is InChI=1S/C11H24O2/c1-4-6-7-11(13)9(3)8-10(12)5-2/h9-13H,4-8H2,1-3H3/t9-,10+,11?/m1/s1. The normalized spacial score (nSPS) is 18.2. The van der Waals surface area contributed by atoms with Crippen LogP contribution in [0.3, 0.4) is 0 Å². The second kappa shape index (κ2) is 7.34. The third-order valence-corrected chi connectivity index (χ3v) is 2.63. The SMILES string of the molecule is CCCCC(O)[C@H](C)C[C@@H](O)CC. The fourth-order valence-corrected chi connectivity index (χ4v) is 1.45. The van der Waals surface area contributed by atoms with Crippen LogP contribution in [0.25, 0.3) is 0 Å². The van der Waals surface area contributed by atoms with Crippen molar-refractivity contribution in [3.05, 3.63) is 0 Å². The van der Waals surface area contributed by atoms with Crippen molar-refractivity contribution in [1.29, 1.82) is 0 Å². The minimum Gasteiger partial charge on any atom is -0.393 e. The van der Waals surface area contributed by atoms with Crippen molar-refractivity contribution < 1.29 is 10.2 Å². The van der Waals surface area contributed by atoms with Crippen LogP contribution < -0.4 is 0 Å². The van der Waals surface area contributed by atoms with Crippen LogP contribution in [0, 0.1) is 5.92 Å². The van der Waals surface area contributed by atoms with Gasteiger partial charge in [0.1, 0.15) is 0 Å². The van der Waals surface area contributed by atoms with Crippen molar-refractivity contribution in [2.24, 2.45) is 5.92 Å². The Hall–Kier alpha value is -0.0800. The number of aliphatic hydroxyl groups excluding tert-OH is 2. The van der Waals surface area contributed by atoms with E-state index in [-0.39, 0.29) is 18.1 Å². The number of hydrogen-bond donors (Lipinski definition) is 2. The minimum absolute atomic E-state index is 0.224. The molecule has 0 radical (unpaired) electrons. The summed E-state index contributed by atoms with van der Waals surface area (Å²) in [5.74, 6) is 0.224. The largest absolute Gasteiger partial charge is 0.393 e. The third-order valence-electron chi connectivity index (χ3n) is 2.63. The Morgan fingerprint density at radius 1 is 1.15 bits per heavy atom. The van der Waals surface area contributed by atoms with Gasteiger partial charge >= 0.3 is 0 Å². The summed E-state index contributed by atoms with van der Waals surface area (Å²) in [6, 6.07) is 0. The molecule has 0 amide bonds. The van der Waals surface area contributed by atoms with Crippen LogP contribution in [-0.4, -0.2) is 22.4 Å². The van der Waals surface area contributed by atoms with Gasteiger partial charge in [0.25, 0.3) is 0 Å². The van der Waals surface area contributed by atoms with Gasteiger partial charge in [0.2, 0.25) is 0 Å². The molecule has 80 valence electrons. The molecule has 0 spiro atoms. The summed E-state index contributed by atoms with van der Waals surface area (Å²) in [5, 5.41) is 19.1. The van der Waals surface area contributed by atoms with Crippen molar-refractivity contribution in [2.75, 3.05) is 0 Å². The summed E-state index contributed by atoms with van der Waals surface area (Å²) in [4.78, 5) is 0. The van der Waals surface area contributed by atoms with Crippen LogP contribution in [0.15, 0.2) is 0 Å². The highest BCUT2D eigenvalue weighted by Gasteiger charge is 2.16. The van der Waals surface area contributed by atoms with E-state index >= 15 is 0 Å². The average Bonchev–Trinajstić information content (AvgIpc) is 2.13. The summed E-state index contributed by atoms with van der Waals surface area (Å²) in [6.45, 7) is 6.10. The monoisotopic (exact) mass is 188 g/mol. The first kappa shape index (κ1) is 12.9. The Morgan fingerprint density at radius 2 is 1.77 bits per heavy atom. The lowest BCUT2D eigenvalue weighted by Gasteiger charge is -2.20. The molecule has 0 aromatic rings. The third kappa shape index (κ3) is 6.05. The molecule has 0 saturated carbocycles. The van der Waals surface area contributed by atoms with E-state index in [0.29, 0.717) is 0 Å². The predicted octanol–water partition coefficient (Wildman–Crippen LogP) is 2.33. The number of unbranched alkanes of at least 4 members (excludes halogenated alkanes) is 1. The second-order valence-electron chi connectivity index (χ2n) is 3.98. The van der Waals surface area contributed by atoms with Gasteiger partial charge in [-0.1, -0.05) is 33.6 Å². The zero-order chi connectivity index (χ0) is 10.3. The molecule has 0 bridgehead atoms. The van der Waals surface area contributed by atoms with Crippen LogP contribution in [-0.2, 0) is 0 Å². The van der Waals surface area contributed by atoms with E-state index in [1.165, 1.54) is 0 Å². The smallest absolute Gasteiger partial charge is 0.0566 e. The molecule has 3 atom stereocenters. The number of rotatable bonds is 7. The summed E-state index contributed by atoms with van der Waals surface area (Å²) < 4.78 is 0. The summed E-state index contributed by atoms with van der Waals surface area (Å²) >= 11 is 0. The predicted molar refractivity (Wildman–Crippen MR) is 55.6 cm³/mol. The molecule has 1 unspecified atom stereocenters. The van der Waals surface area contributed by atoms with E-state index < -0.39 is 0 Å². The quantitative estimate of drug-likeness (QED) is 0.644. The maximum atomic E-state index is 9.68. The molecule has 0 heterocycles. The van der Waals surface area contributed by atoms with Gasteiger partial charge < -0.3 is 10.2 Å². The Morgan fingerprint density at radius 3 is 2.23 bits per heavy atom. The molecule has 0 aromatic carbocycles. The maximum absolute atomic E-state index is 9.68. The van der Waals surface area contributed by atoms with Crippen LogP contribution in [0.5, 0.6) is 0 Å². The molecule has 0 rings (SSSR count). The zero-order valence-corrected chi connectivity index (χ0v) is 9.16. The Bertz CT molecular complexity index is 115. The summed E-state index contributed by atoms with van der Waals surface area (Å²) in [6.07, 6.45) is 4.10. The first-order valence-electron chi connectivity index (χ1n) is 5.47. The van der Waals surface area contributed by atoms with E-state index in [2.05, 4.69) is 6.92 Å². The molecule has 0 aliphatic carbocycles. The van der Waals surface area contributed by atoms with Gasteiger partial charge in [-0.2, -0.15) is 0 Å². The molecule has 0 fully saturated rings. The Labute approximate surface area is 82.0 Å². The van der Waals surface area contributed by atoms with E-state index in [1.807, 2.05) is 13.8 Å². The molecule has 0 aromatic heterocycles. The highest BCUT2D eigenvalue weighted by atomic mass is 16.3. The molecule has 0 aliphatic rings. The van der Waals surface area contributed by atoms with E-state index in [9.17, 15) is 10.2 Å². The van der Waals surface area contributed by atoms with Crippen molar-refractivity contribution in [1.82, 2.24) is 0 Å². The van der Waals surface area contributed by atoms with Crippen LogP contribution >= 0.6 is 0 Å². The van der Waals surface area contributed by atoms with E-state index in [1.54, 1.807) is 0 Å². The number of aliphatic hydroxyl groups is 2. The van der Waals surface area contributed by atoms with Crippen molar-refractivity contribution in [3.8, 4) is 0 Å². The summed E-state index contributed by atoms with van der Waals surface area (Å²) in [5.41, 5.74) is 0. The topological polar surface area (TPSA) is 40.5 Å². The maximum Gasteiger partial charge on any atom is 0.0566 e. The number of hydrogen-bond acceptors (Lipinski definition) is 2. The lowest BCUT2D eigenvalue weighted by atomic mass is 9.93. The molecule has 13 heavy (non-hydrogen) atoms. The lowest BCUT2D eigenvalue weighted by molar-refractivity contribution is 0.0614. The van der Waals surface area contributed by atoms with E-state index in [0.717, 1.165) is 32.1 Å². The lowest BCUT2D eigenvalue weighted by Crippen LogP contribution is -2.22. The first-order chi connectivity index (χ1) is 6.11. The van der Waals surface area contributed by atoms with Gasteiger partial charge in [-0.15, -0.1) is 0 Å². The van der Waals surface area contributed by atoms with Gasteiger partial charge in [-0.05, 0) is 25.2 Å².